The molecule has 2 saturated heterocycles. The van der Waals surface area contributed by atoms with E-state index in [1.165, 1.54) is 51.9 Å². The largest absolute Gasteiger partial charge is 0.378 e. The molecule has 2 aliphatic rings. The number of hydrogen-bond acceptors (Lipinski definition) is 3. The highest BCUT2D eigenvalue weighted by molar-refractivity contribution is 4.78. The van der Waals surface area contributed by atoms with Gasteiger partial charge in [0.1, 0.15) is 0 Å². The van der Waals surface area contributed by atoms with Crippen molar-refractivity contribution in [2.45, 2.75) is 45.6 Å². The molecule has 2 fully saturated rings. The van der Waals surface area contributed by atoms with Crippen molar-refractivity contribution in [3.63, 3.8) is 0 Å². The summed E-state index contributed by atoms with van der Waals surface area (Å²) in [5.74, 6) is 1.63. The van der Waals surface area contributed by atoms with Crippen molar-refractivity contribution >= 4 is 0 Å². The lowest BCUT2D eigenvalue weighted by atomic mass is 10.1. The molecule has 3 nitrogen and oxygen atoms in total. The minimum atomic E-state index is 0.558. The Hall–Kier alpha value is -0.120. The zero-order valence-electron chi connectivity index (χ0n) is 12.2. The molecule has 0 radical (unpaired) electrons. The van der Waals surface area contributed by atoms with Gasteiger partial charge in [0, 0.05) is 19.7 Å². The second kappa shape index (κ2) is 7.46. The molecule has 0 aromatic rings. The second-order valence-electron chi connectivity index (χ2n) is 6.43. The summed E-state index contributed by atoms with van der Waals surface area (Å²) < 4.78 is 5.69. The van der Waals surface area contributed by atoms with Gasteiger partial charge in [-0.1, -0.05) is 13.8 Å². The normalized spacial score (nSPS) is 29.5. The minimum Gasteiger partial charge on any atom is -0.378 e. The maximum atomic E-state index is 5.69. The molecule has 0 aliphatic carbocycles. The first kappa shape index (κ1) is 14.3. The monoisotopic (exact) mass is 254 g/mol. The van der Waals surface area contributed by atoms with Crippen LogP contribution in [-0.2, 0) is 4.74 Å². The van der Waals surface area contributed by atoms with Gasteiger partial charge in [0.2, 0.25) is 0 Å². The van der Waals surface area contributed by atoms with Crippen LogP contribution in [0, 0.1) is 11.8 Å². The third-order valence-corrected chi connectivity index (χ3v) is 4.15. The van der Waals surface area contributed by atoms with Gasteiger partial charge in [0.15, 0.2) is 0 Å². The Bertz CT molecular complexity index is 227. The average Bonchev–Trinajstić information content (AvgIpc) is 2.96. The third kappa shape index (κ3) is 4.87. The minimum absolute atomic E-state index is 0.558. The standard InChI is InChI=1S/C15H30N2O/c1-13(2)10-16-11-14-5-7-17(12-14)8-6-15-4-3-9-18-15/h13-16H,3-12H2,1-2H3. The Morgan fingerprint density at radius 3 is 2.94 bits per heavy atom. The molecule has 0 aromatic carbocycles. The summed E-state index contributed by atoms with van der Waals surface area (Å²) in [4.78, 5) is 2.63. The van der Waals surface area contributed by atoms with E-state index < -0.39 is 0 Å². The highest BCUT2D eigenvalue weighted by atomic mass is 16.5. The van der Waals surface area contributed by atoms with Crippen molar-refractivity contribution in [1.82, 2.24) is 10.2 Å². The summed E-state index contributed by atoms with van der Waals surface area (Å²) in [6.45, 7) is 11.7. The van der Waals surface area contributed by atoms with Gasteiger partial charge in [-0.25, -0.2) is 0 Å². The summed E-state index contributed by atoms with van der Waals surface area (Å²) in [7, 11) is 0. The van der Waals surface area contributed by atoms with Crippen molar-refractivity contribution in [3.05, 3.63) is 0 Å². The van der Waals surface area contributed by atoms with Gasteiger partial charge in [0.05, 0.1) is 6.10 Å². The van der Waals surface area contributed by atoms with Crippen LogP contribution in [0.25, 0.3) is 0 Å². The molecule has 0 saturated carbocycles. The van der Waals surface area contributed by atoms with E-state index in [1.54, 1.807) is 0 Å². The molecule has 0 amide bonds. The fraction of sp³-hybridized carbons (Fsp3) is 1.00. The maximum Gasteiger partial charge on any atom is 0.0588 e. The topological polar surface area (TPSA) is 24.5 Å². The van der Waals surface area contributed by atoms with Gasteiger partial charge < -0.3 is 15.0 Å². The fourth-order valence-corrected chi connectivity index (χ4v) is 3.06. The third-order valence-electron chi connectivity index (χ3n) is 4.15. The lowest BCUT2D eigenvalue weighted by Gasteiger charge is -2.18. The Kier molecular flexibility index (Phi) is 5.93. The van der Waals surface area contributed by atoms with E-state index in [1.807, 2.05) is 0 Å². The molecule has 3 heteroatoms. The first-order valence-electron chi connectivity index (χ1n) is 7.78. The highest BCUT2D eigenvalue weighted by Gasteiger charge is 2.23. The van der Waals surface area contributed by atoms with Crippen molar-refractivity contribution in [1.29, 1.82) is 0 Å². The van der Waals surface area contributed by atoms with E-state index in [-0.39, 0.29) is 0 Å². The molecule has 2 rings (SSSR count). The molecule has 18 heavy (non-hydrogen) atoms. The molecule has 2 atom stereocenters. The van der Waals surface area contributed by atoms with Crippen molar-refractivity contribution < 1.29 is 4.74 Å². The number of ether oxygens (including phenoxy) is 1. The molecule has 0 spiro atoms. The van der Waals surface area contributed by atoms with Crippen LogP contribution in [0.5, 0.6) is 0 Å². The Balaban J connectivity index is 1.53. The molecule has 2 unspecified atom stereocenters. The summed E-state index contributed by atoms with van der Waals surface area (Å²) in [6.07, 6.45) is 5.73. The lowest BCUT2D eigenvalue weighted by Crippen LogP contribution is -2.29. The van der Waals surface area contributed by atoms with Gasteiger partial charge >= 0.3 is 0 Å². The summed E-state index contributed by atoms with van der Waals surface area (Å²) in [6, 6.07) is 0. The zero-order chi connectivity index (χ0) is 12.8. The highest BCUT2D eigenvalue weighted by Crippen LogP contribution is 2.19. The molecule has 2 heterocycles. The van der Waals surface area contributed by atoms with E-state index in [0.29, 0.717) is 6.10 Å². The Morgan fingerprint density at radius 2 is 2.22 bits per heavy atom. The first-order chi connectivity index (χ1) is 8.74. The van der Waals surface area contributed by atoms with E-state index in [0.717, 1.165) is 25.0 Å². The maximum absolute atomic E-state index is 5.69. The van der Waals surface area contributed by atoms with Crippen molar-refractivity contribution in [3.8, 4) is 0 Å². The summed E-state index contributed by atoms with van der Waals surface area (Å²) in [5.41, 5.74) is 0. The van der Waals surface area contributed by atoms with Gasteiger partial charge in [-0.15, -0.1) is 0 Å². The number of nitrogens with zero attached hydrogens (tertiary/aromatic N) is 1. The fourth-order valence-electron chi connectivity index (χ4n) is 3.06. The number of likely N-dealkylation sites (tertiary alicyclic amines) is 1. The second-order valence-corrected chi connectivity index (χ2v) is 6.43. The Labute approximate surface area is 112 Å². The summed E-state index contributed by atoms with van der Waals surface area (Å²) in [5, 5.41) is 3.59. The van der Waals surface area contributed by atoms with Gasteiger partial charge in [-0.2, -0.15) is 0 Å². The van der Waals surface area contributed by atoms with E-state index >= 15 is 0 Å². The molecule has 2 aliphatic heterocycles. The smallest absolute Gasteiger partial charge is 0.0588 e. The van der Waals surface area contributed by atoms with Gasteiger partial charge in [0.25, 0.3) is 0 Å². The van der Waals surface area contributed by atoms with Crippen LogP contribution in [0.3, 0.4) is 0 Å². The molecule has 106 valence electrons. The van der Waals surface area contributed by atoms with Crippen LogP contribution in [0.1, 0.15) is 39.5 Å². The predicted molar refractivity (Wildman–Crippen MR) is 75.8 cm³/mol. The molecular weight excluding hydrogens is 224 g/mol. The number of rotatable bonds is 7. The molecule has 1 N–H and O–H groups in total. The van der Waals surface area contributed by atoms with Crippen LogP contribution in [0.4, 0.5) is 0 Å². The van der Waals surface area contributed by atoms with Crippen LogP contribution < -0.4 is 5.32 Å². The van der Waals surface area contributed by atoms with E-state index in [2.05, 4.69) is 24.1 Å². The quantitative estimate of drug-likeness (QED) is 0.753. The predicted octanol–water partition coefficient (Wildman–Crippen LogP) is 2.12. The Morgan fingerprint density at radius 1 is 1.33 bits per heavy atom. The van der Waals surface area contributed by atoms with E-state index in [4.69, 9.17) is 4.74 Å². The molecule has 0 bridgehead atoms. The van der Waals surface area contributed by atoms with Crippen LogP contribution in [0.2, 0.25) is 0 Å². The molecular formula is C15H30N2O. The van der Waals surface area contributed by atoms with Crippen LogP contribution in [0.15, 0.2) is 0 Å². The SMILES string of the molecule is CC(C)CNCC1CCN(CCC2CCCO2)C1. The van der Waals surface area contributed by atoms with Gasteiger partial charge in [-0.3, -0.25) is 0 Å². The number of nitrogens with one attached hydrogen (secondary N) is 1. The first-order valence-corrected chi connectivity index (χ1v) is 7.78. The van der Waals surface area contributed by atoms with Gasteiger partial charge in [-0.05, 0) is 57.2 Å². The van der Waals surface area contributed by atoms with Crippen LogP contribution in [-0.4, -0.2) is 50.3 Å². The van der Waals surface area contributed by atoms with E-state index in [9.17, 15) is 0 Å². The van der Waals surface area contributed by atoms with Crippen molar-refractivity contribution in [2.24, 2.45) is 11.8 Å². The molecule has 0 aromatic heterocycles. The summed E-state index contributed by atoms with van der Waals surface area (Å²) >= 11 is 0. The average molecular weight is 254 g/mol. The zero-order valence-corrected chi connectivity index (χ0v) is 12.2. The van der Waals surface area contributed by atoms with Crippen LogP contribution >= 0.6 is 0 Å². The number of hydrogen-bond donors (Lipinski definition) is 1. The van der Waals surface area contributed by atoms with Crippen molar-refractivity contribution in [2.75, 3.05) is 39.3 Å². The lowest BCUT2D eigenvalue weighted by molar-refractivity contribution is 0.0945.